The predicted octanol–water partition coefficient (Wildman–Crippen LogP) is 21.6. The highest BCUT2D eigenvalue weighted by molar-refractivity contribution is 7.79. The Labute approximate surface area is 626 Å². The molecule has 0 saturated heterocycles. The van der Waals surface area contributed by atoms with Gasteiger partial charge >= 0.3 is 23.0 Å². The molecule has 1 aliphatic rings. The molecule has 21 nitrogen and oxygen atoms in total. The summed E-state index contributed by atoms with van der Waals surface area (Å²) >= 11 is 0. The second-order valence-corrected chi connectivity index (χ2v) is 29.8. The lowest BCUT2D eigenvalue weighted by Crippen LogP contribution is -2.11. The van der Waals surface area contributed by atoms with Crippen LogP contribution in [0.25, 0.3) is 0 Å². The summed E-state index contributed by atoms with van der Waals surface area (Å²) in [5.41, 5.74) is 9.88. The highest BCUT2D eigenvalue weighted by Crippen LogP contribution is 2.78. The van der Waals surface area contributed by atoms with Crippen molar-refractivity contribution in [2.75, 3.05) is 0 Å². The summed E-state index contributed by atoms with van der Waals surface area (Å²) in [5.74, 6) is 1.52. The molecule has 0 aliphatic carbocycles. The van der Waals surface area contributed by atoms with Crippen molar-refractivity contribution in [3.63, 3.8) is 0 Å². The highest BCUT2D eigenvalue weighted by Gasteiger charge is 2.49. The van der Waals surface area contributed by atoms with Gasteiger partial charge in [0.05, 0.1) is 37.3 Å². The van der Waals surface area contributed by atoms with Crippen LogP contribution in [-0.4, -0.2) is 37.3 Å². The van der Waals surface area contributed by atoms with Crippen LogP contribution in [0.15, 0.2) is 372 Å². The van der Waals surface area contributed by atoms with E-state index < -0.39 is 23.0 Å². The molecular weight excluding hydrogens is 1420 g/mol. The Balaban J connectivity index is 0.944. The first-order valence-corrected chi connectivity index (χ1v) is 38.7. The molecule has 0 N–H and O–H groups in total. The topological polar surface area (TPSA) is 222 Å². The number of rotatable bonds is 36. The van der Waals surface area contributed by atoms with Crippen LogP contribution in [0.1, 0.15) is 66.8 Å². The summed E-state index contributed by atoms with van der Waals surface area (Å²) in [6.07, 6.45) is 9.61. The fourth-order valence-corrected chi connectivity index (χ4v) is 19.0. The lowest BCUT2D eigenvalue weighted by atomic mass is 10.2. The van der Waals surface area contributed by atoms with Gasteiger partial charge < -0.3 is 56.2 Å². The molecule has 12 aromatic rings. The summed E-state index contributed by atoms with van der Waals surface area (Å²) in [4.78, 5) is 34.2. The van der Waals surface area contributed by atoms with E-state index in [-0.39, 0.29) is 74.1 Å². The summed E-state index contributed by atoms with van der Waals surface area (Å²) in [6, 6.07) is 101. The number of benzene rings is 12. The SMILES string of the molecule is C(=N\OCc1ccccc1)/c1ccc(OP2(Oc3ccc(/C=N/OCc4ccccc4)cc3)=NP(Oc3ccc(/C=N/OCc4ccccc4)cc3)(Oc3ccc(/C=N/OCc4ccccc4)cc3)=NP(Oc3ccc(/C=N/OCc4ccccc4)cc3)(Oc3ccc(/C=N/OCc4ccccc4)cc3)=N2)cc1. The Bertz CT molecular complexity index is 4320. The van der Waals surface area contributed by atoms with E-state index in [4.69, 9.17) is 69.7 Å². The largest absolute Gasteiger partial charge is 0.460 e. The summed E-state index contributed by atoms with van der Waals surface area (Å²) < 4.78 is 60.4. The minimum atomic E-state index is -4.50. The first kappa shape index (κ1) is 73.3. The van der Waals surface area contributed by atoms with Gasteiger partial charge in [-0.15, -0.1) is 0 Å². The average molecular weight is 1490 g/mol. The molecule has 12 aromatic carbocycles. The lowest BCUT2D eigenvalue weighted by Gasteiger charge is -2.33. The van der Waals surface area contributed by atoms with Gasteiger partial charge in [0.15, 0.2) is 0 Å². The maximum absolute atomic E-state index is 7.31. The summed E-state index contributed by atoms with van der Waals surface area (Å²) in [5, 5.41) is 25.6. The molecule has 0 unspecified atom stereocenters. The quantitative estimate of drug-likeness (QED) is 0.0203. The molecule has 540 valence electrons. The van der Waals surface area contributed by atoms with Gasteiger partial charge in [-0.2, -0.15) is 0 Å². The monoisotopic (exact) mass is 1490 g/mol. The predicted molar refractivity (Wildman–Crippen MR) is 423 cm³/mol. The molecule has 0 atom stereocenters. The van der Waals surface area contributed by atoms with E-state index in [9.17, 15) is 0 Å². The molecule has 1 aliphatic heterocycles. The van der Waals surface area contributed by atoms with Crippen molar-refractivity contribution in [3.8, 4) is 34.5 Å². The molecule has 0 radical (unpaired) electrons. The Morgan fingerprint density at radius 2 is 0.324 bits per heavy atom. The maximum Gasteiger partial charge on any atom is 0.460 e. The number of oxime groups is 6. The molecule has 0 aromatic heterocycles. The van der Waals surface area contributed by atoms with Crippen LogP contribution in [0.4, 0.5) is 0 Å². The standard InChI is InChI=1S/C84H72N9O12P3/c1-7-19-73(20-8-1)61-94-85-55-67-31-43-79(44-32-67)100-106(101-80-45-33-68(34-46-80)56-86-95-62-74-21-9-2-10-22-74)91-107(102-81-47-35-69(36-48-81)57-87-96-63-75-23-11-3-12-24-75,103-82-49-37-70(38-50-82)58-88-97-64-76-25-13-4-14-26-76)93-108(92-106,104-83-51-39-71(40-52-83)59-89-98-65-77-27-15-5-16-28-77)105-84-53-41-72(42-54-84)60-90-99-66-78-29-17-6-18-30-78/h1-60H,61-66H2/b85-55+,86-56+,87-57+,88-58+,89-59+,90-60+. The van der Waals surface area contributed by atoms with Gasteiger partial charge in [-0.1, -0.05) is 226 Å². The van der Waals surface area contributed by atoms with E-state index >= 15 is 0 Å². The van der Waals surface area contributed by atoms with Crippen LogP contribution in [0.5, 0.6) is 34.5 Å². The zero-order valence-electron chi connectivity index (χ0n) is 58.1. The maximum atomic E-state index is 7.31. The van der Waals surface area contributed by atoms with Crippen LogP contribution in [0.2, 0.25) is 0 Å². The van der Waals surface area contributed by atoms with Crippen LogP contribution in [-0.2, 0) is 68.7 Å². The van der Waals surface area contributed by atoms with Crippen LogP contribution >= 0.6 is 23.0 Å². The third-order valence-electron chi connectivity index (χ3n) is 15.4. The van der Waals surface area contributed by atoms with Gasteiger partial charge in [-0.25, -0.2) is 0 Å². The van der Waals surface area contributed by atoms with Crippen molar-refractivity contribution < 1.29 is 56.2 Å². The van der Waals surface area contributed by atoms with E-state index in [1.54, 1.807) is 183 Å². The molecule has 0 fully saturated rings. The van der Waals surface area contributed by atoms with Crippen molar-refractivity contribution in [1.82, 2.24) is 0 Å². The van der Waals surface area contributed by atoms with E-state index in [1.165, 1.54) is 0 Å². The minimum absolute atomic E-state index is 0.253. The molecule has 13 rings (SSSR count). The molecule has 1 heterocycles. The minimum Gasteiger partial charge on any atom is -0.413 e. The van der Waals surface area contributed by atoms with Gasteiger partial charge in [-0.3, -0.25) is 0 Å². The van der Waals surface area contributed by atoms with Crippen molar-refractivity contribution in [3.05, 3.63) is 394 Å². The average Bonchev–Trinajstić information content (AvgIpc) is 0.729. The van der Waals surface area contributed by atoms with Crippen LogP contribution in [0, 0.1) is 0 Å². The first-order valence-electron chi connectivity index (χ1n) is 34.1. The normalized spacial score (nSPS) is 13.4. The van der Waals surface area contributed by atoms with Crippen molar-refractivity contribution >= 4 is 60.3 Å². The highest BCUT2D eigenvalue weighted by atomic mass is 31.3. The van der Waals surface area contributed by atoms with Crippen LogP contribution in [0.3, 0.4) is 0 Å². The molecule has 0 amide bonds. The van der Waals surface area contributed by atoms with E-state index in [2.05, 4.69) is 30.9 Å². The van der Waals surface area contributed by atoms with E-state index in [1.807, 2.05) is 182 Å². The Hall–Kier alpha value is -13.1. The second kappa shape index (κ2) is 38.1. The van der Waals surface area contributed by atoms with Crippen molar-refractivity contribution in [1.29, 1.82) is 0 Å². The van der Waals surface area contributed by atoms with Gasteiger partial charge in [0.25, 0.3) is 0 Å². The van der Waals surface area contributed by atoms with Gasteiger partial charge in [0, 0.05) is 0 Å². The third kappa shape index (κ3) is 23.0. The van der Waals surface area contributed by atoms with Gasteiger partial charge in [-0.05, 0) is 212 Å². The van der Waals surface area contributed by atoms with Crippen LogP contribution < -0.4 is 27.1 Å². The number of nitrogens with zero attached hydrogens (tertiary/aromatic N) is 9. The molecule has 0 saturated carbocycles. The Kier molecular flexibility index (Phi) is 25.9. The molecular formula is C84H72N9O12P3. The first-order chi connectivity index (χ1) is 53.3. The fraction of sp³-hybridized carbons (Fsp3) is 0.0714. The smallest absolute Gasteiger partial charge is 0.413 e. The Morgan fingerprint density at radius 1 is 0.185 bits per heavy atom. The number of hydrogen-bond donors (Lipinski definition) is 0. The fourth-order valence-electron chi connectivity index (χ4n) is 9.97. The molecule has 0 spiro atoms. The Morgan fingerprint density at radius 3 is 0.463 bits per heavy atom. The van der Waals surface area contributed by atoms with Crippen molar-refractivity contribution in [2.24, 2.45) is 44.5 Å². The second-order valence-electron chi connectivity index (χ2n) is 23.7. The molecule has 0 bridgehead atoms. The zero-order chi connectivity index (χ0) is 73.4. The van der Waals surface area contributed by atoms with E-state index in [0.29, 0.717) is 33.4 Å². The summed E-state index contributed by atoms with van der Waals surface area (Å²) in [7, 11) is -13.5. The molecule has 108 heavy (non-hydrogen) atoms. The lowest BCUT2D eigenvalue weighted by molar-refractivity contribution is 0.132. The van der Waals surface area contributed by atoms with Crippen molar-refractivity contribution in [2.45, 2.75) is 39.6 Å². The third-order valence-corrected chi connectivity index (χ3v) is 23.5. The van der Waals surface area contributed by atoms with Gasteiger partial charge in [0.2, 0.25) is 0 Å². The molecule has 24 heteroatoms. The number of hydrogen-bond acceptors (Lipinski definition) is 21. The summed E-state index contributed by atoms with van der Waals surface area (Å²) in [6.45, 7) is 1.62. The zero-order valence-corrected chi connectivity index (χ0v) is 60.8. The van der Waals surface area contributed by atoms with E-state index in [0.717, 1.165) is 33.4 Å². The van der Waals surface area contributed by atoms with Gasteiger partial charge in [0.1, 0.15) is 74.1 Å².